The van der Waals surface area contributed by atoms with Crippen molar-refractivity contribution in [3.05, 3.63) is 113 Å². The largest absolute Gasteiger partial charge is 0.352 e. The molecule has 4 aromatic rings. The molecule has 8 heteroatoms. The molecule has 0 N–H and O–H groups in total. The highest BCUT2D eigenvalue weighted by molar-refractivity contribution is 6.33. The van der Waals surface area contributed by atoms with E-state index in [1.165, 1.54) is 0 Å². The van der Waals surface area contributed by atoms with E-state index in [9.17, 15) is 9.59 Å². The molecule has 1 aliphatic heterocycles. The van der Waals surface area contributed by atoms with Crippen molar-refractivity contribution in [2.45, 2.75) is 13.3 Å². The van der Waals surface area contributed by atoms with Crippen LogP contribution in [0.25, 0.3) is 11.3 Å². The van der Waals surface area contributed by atoms with Gasteiger partial charge in [0.25, 0.3) is 5.91 Å². The highest BCUT2D eigenvalue weighted by Crippen LogP contribution is 2.26. The molecule has 40 heavy (non-hydrogen) atoms. The molecule has 0 spiro atoms. The molecule has 1 saturated heterocycles. The van der Waals surface area contributed by atoms with E-state index < -0.39 is 0 Å². The van der Waals surface area contributed by atoms with Gasteiger partial charge in [-0.05, 0) is 49.2 Å². The van der Waals surface area contributed by atoms with Crippen LogP contribution in [0, 0.1) is 6.92 Å². The van der Waals surface area contributed by atoms with Gasteiger partial charge < -0.3 is 14.7 Å². The molecule has 1 aliphatic rings. The van der Waals surface area contributed by atoms with Gasteiger partial charge in [-0.15, -0.1) is 10.2 Å². The molecule has 7 nitrogen and oxygen atoms in total. The molecule has 0 saturated carbocycles. The Labute approximate surface area is 240 Å². The van der Waals surface area contributed by atoms with Crippen LogP contribution in [0.15, 0.2) is 91.0 Å². The van der Waals surface area contributed by atoms with Crippen molar-refractivity contribution in [3.63, 3.8) is 0 Å². The number of piperazine rings is 1. The molecule has 3 aromatic carbocycles. The highest BCUT2D eigenvalue weighted by Gasteiger charge is 2.26. The molecule has 1 aromatic heterocycles. The molecule has 0 radical (unpaired) electrons. The molecular formula is C32H32ClN5O2. The molecule has 5 rings (SSSR count). The Morgan fingerprint density at radius 3 is 2.20 bits per heavy atom. The molecule has 0 unspecified atom stereocenters. The maximum atomic E-state index is 13.4. The van der Waals surface area contributed by atoms with E-state index >= 15 is 0 Å². The van der Waals surface area contributed by atoms with Crippen LogP contribution in [0.1, 0.15) is 21.5 Å². The predicted molar refractivity (Wildman–Crippen MR) is 158 cm³/mol. The minimum absolute atomic E-state index is 0.0475. The van der Waals surface area contributed by atoms with Gasteiger partial charge >= 0.3 is 0 Å². The maximum absolute atomic E-state index is 13.4. The second kappa shape index (κ2) is 12.7. The average Bonchev–Trinajstić information content (AvgIpc) is 3.00. The Hall–Kier alpha value is -4.23. The Morgan fingerprint density at radius 1 is 0.825 bits per heavy atom. The summed E-state index contributed by atoms with van der Waals surface area (Å²) in [5, 5.41) is 9.43. The van der Waals surface area contributed by atoms with E-state index in [0.29, 0.717) is 49.7 Å². The minimum Gasteiger partial charge on any atom is -0.352 e. The van der Waals surface area contributed by atoms with Gasteiger partial charge in [0.15, 0.2) is 5.82 Å². The molecule has 0 atom stereocenters. The van der Waals surface area contributed by atoms with E-state index in [0.717, 1.165) is 28.2 Å². The number of hydrogen-bond acceptors (Lipinski definition) is 5. The smallest absolute Gasteiger partial charge is 0.254 e. The van der Waals surface area contributed by atoms with Gasteiger partial charge in [0.2, 0.25) is 5.91 Å². The van der Waals surface area contributed by atoms with Crippen LogP contribution < -0.4 is 4.90 Å². The average molecular weight is 554 g/mol. The summed E-state index contributed by atoms with van der Waals surface area (Å²) in [6.45, 7) is 4.89. The van der Waals surface area contributed by atoms with E-state index in [-0.39, 0.29) is 18.4 Å². The van der Waals surface area contributed by atoms with Crippen molar-refractivity contribution >= 4 is 29.2 Å². The van der Waals surface area contributed by atoms with Crippen molar-refractivity contribution < 1.29 is 9.59 Å². The number of anilines is 1. The van der Waals surface area contributed by atoms with Gasteiger partial charge in [0, 0.05) is 43.9 Å². The summed E-state index contributed by atoms with van der Waals surface area (Å²) in [7, 11) is 0. The number of carbonyl (C=O) groups is 2. The first-order chi connectivity index (χ1) is 19.5. The van der Waals surface area contributed by atoms with Gasteiger partial charge in [0.05, 0.1) is 10.7 Å². The first-order valence-electron chi connectivity index (χ1n) is 13.5. The third-order valence-electron chi connectivity index (χ3n) is 7.18. The number of aryl methyl sites for hydroxylation is 1. The number of hydrogen-bond donors (Lipinski definition) is 0. The van der Waals surface area contributed by atoms with Crippen LogP contribution in [0.3, 0.4) is 0 Å². The summed E-state index contributed by atoms with van der Waals surface area (Å²) in [6, 6.07) is 28.9. The molecule has 2 amide bonds. The standard InChI is InChI=1S/C32H32ClN5O2/c1-24-11-13-26(14-12-24)32(40)38(18-17-25-7-3-2-4-8-25)23-31(39)37-21-19-36(20-22-37)30-16-15-29(34-35-30)27-9-5-6-10-28(27)33/h2-16H,17-23H2,1H3. The summed E-state index contributed by atoms with van der Waals surface area (Å²) in [4.78, 5) is 32.4. The number of benzene rings is 3. The molecule has 204 valence electrons. The van der Waals surface area contributed by atoms with Crippen molar-refractivity contribution in [1.29, 1.82) is 0 Å². The molecule has 2 heterocycles. The third-order valence-corrected chi connectivity index (χ3v) is 7.51. The van der Waals surface area contributed by atoms with Crippen LogP contribution in [-0.4, -0.2) is 71.1 Å². The van der Waals surface area contributed by atoms with Crippen molar-refractivity contribution in [1.82, 2.24) is 20.0 Å². The lowest BCUT2D eigenvalue weighted by molar-refractivity contribution is -0.132. The Kier molecular flexibility index (Phi) is 8.71. The van der Waals surface area contributed by atoms with Crippen molar-refractivity contribution in [2.24, 2.45) is 0 Å². The SMILES string of the molecule is Cc1ccc(C(=O)N(CCc2ccccc2)CC(=O)N2CCN(c3ccc(-c4ccccc4Cl)nn3)CC2)cc1. The van der Waals surface area contributed by atoms with Gasteiger partial charge in [0.1, 0.15) is 6.54 Å². The Bertz CT molecular complexity index is 1440. The summed E-state index contributed by atoms with van der Waals surface area (Å²) in [6.07, 6.45) is 0.683. The Balaban J connectivity index is 1.21. The maximum Gasteiger partial charge on any atom is 0.254 e. The molecule has 0 aliphatic carbocycles. The van der Waals surface area contributed by atoms with E-state index in [2.05, 4.69) is 15.1 Å². The van der Waals surface area contributed by atoms with Crippen LogP contribution >= 0.6 is 11.6 Å². The van der Waals surface area contributed by atoms with Gasteiger partial charge in [-0.1, -0.05) is 77.8 Å². The lowest BCUT2D eigenvalue weighted by Gasteiger charge is -2.36. The second-order valence-corrected chi connectivity index (χ2v) is 10.4. The summed E-state index contributed by atoms with van der Waals surface area (Å²) in [5.74, 6) is 0.590. The molecular weight excluding hydrogens is 522 g/mol. The fraction of sp³-hybridized carbons (Fsp3) is 0.250. The lowest BCUT2D eigenvalue weighted by Crippen LogP contribution is -2.52. The normalized spacial score (nSPS) is 13.2. The quantitative estimate of drug-likeness (QED) is 0.302. The van der Waals surface area contributed by atoms with Crippen molar-refractivity contribution in [2.75, 3.05) is 44.2 Å². The topological polar surface area (TPSA) is 69.6 Å². The zero-order valence-electron chi connectivity index (χ0n) is 22.5. The van der Waals surface area contributed by atoms with Crippen LogP contribution in [0.5, 0.6) is 0 Å². The van der Waals surface area contributed by atoms with Gasteiger partial charge in [-0.25, -0.2) is 0 Å². The zero-order valence-corrected chi connectivity index (χ0v) is 23.3. The van der Waals surface area contributed by atoms with Crippen LogP contribution in [0.2, 0.25) is 5.02 Å². The zero-order chi connectivity index (χ0) is 27.9. The number of rotatable bonds is 8. The molecule has 0 bridgehead atoms. The number of aromatic nitrogens is 2. The number of amides is 2. The summed E-state index contributed by atoms with van der Waals surface area (Å²) >= 11 is 6.30. The first kappa shape index (κ1) is 27.3. The van der Waals surface area contributed by atoms with Crippen molar-refractivity contribution in [3.8, 4) is 11.3 Å². The summed E-state index contributed by atoms with van der Waals surface area (Å²) < 4.78 is 0. The third kappa shape index (κ3) is 6.66. The first-order valence-corrected chi connectivity index (χ1v) is 13.9. The fourth-order valence-electron chi connectivity index (χ4n) is 4.79. The van der Waals surface area contributed by atoms with E-state index in [1.54, 1.807) is 4.90 Å². The monoisotopic (exact) mass is 553 g/mol. The minimum atomic E-state index is -0.128. The number of carbonyl (C=O) groups excluding carboxylic acids is 2. The number of halogens is 1. The fourth-order valence-corrected chi connectivity index (χ4v) is 5.03. The van der Waals surface area contributed by atoms with E-state index in [4.69, 9.17) is 11.6 Å². The van der Waals surface area contributed by atoms with Crippen LogP contribution in [-0.2, 0) is 11.2 Å². The second-order valence-electron chi connectivity index (χ2n) is 9.95. The Morgan fingerprint density at radius 2 is 1.52 bits per heavy atom. The predicted octanol–water partition coefficient (Wildman–Crippen LogP) is 5.14. The lowest BCUT2D eigenvalue weighted by atomic mass is 10.1. The summed E-state index contributed by atoms with van der Waals surface area (Å²) in [5.41, 5.74) is 4.37. The highest BCUT2D eigenvalue weighted by atomic mass is 35.5. The van der Waals surface area contributed by atoms with Gasteiger partial charge in [-0.3, -0.25) is 9.59 Å². The number of nitrogens with zero attached hydrogens (tertiary/aromatic N) is 5. The molecule has 1 fully saturated rings. The van der Waals surface area contributed by atoms with Gasteiger partial charge in [-0.2, -0.15) is 0 Å². The van der Waals surface area contributed by atoms with Crippen LogP contribution in [0.4, 0.5) is 5.82 Å². The van der Waals surface area contributed by atoms with E-state index in [1.807, 2.05) is 103 Å².